The van der Waals surface area contributed by atoms with E-state index in [2.05, 4.69) is 183 Å². The summed E-state index contributed by atoms with van der Waals surface area (Å²) in [5.41, 5.74) is 22.4. The molecule has 3 aromatic heterocycles. The van der Waals surface area contributed by atoms with E-state index in [4.69, 9.17) is 9.97 Å². The van der Waals surface area contributed by atoms with Crippen LogP contribution in [0.3, 0.4) is 0 Å². The number of aromatic nitrogens is 4. The Kier molecular flexibility index (Phi) is 9.40. The lowest BCUT2D eigenvalue weighted by Crippen LogP contribution is -1.93. The lowest BCUT2D eigenvalue weighted by Gasteiger charge is -2.11. The van der Waals surface area contributed by atoms with E-state index in [1.54, 1.807) is 0 Å². The molecule has 274 valence electrons. The minimum atomic E-state index is 0.863. The minimum Gasteiger partial charge on any atom is -0.354 e. The van der Waals surface area contributed by atoms with Crippen molar-refractivity contribution in [3.63, 3.8) is 0 Å². The fourth-order valence-corrected chi connectivity index (χ4v) is 8.92. The lowest BCUT2D eigenvalue weighted by molar-refractivity contribution is 1.07. The monoisotopic (exact) mass is 726 g/mol. The van der Waals surface area contributed by atoms with Crippen LogP contribution in [0.2, 0.25) is 0 Å². The van der Waals surface area contributed by atoms with Gasteiger partial charge in [0.15, 0.2) is 0 Å². The number of nitrogens with zero attached hydrogens (tertiary/aromatic N) is 2. The van der Waals surface area contributed by atoms with Crippen molar-refractivity contribution >= 4 is 45.4 Å². The Hall–Kier alpha value is -6.52. The number of hydrogen-bond acceptors (Lipinski definition) is 2. The smallest absolute Gasteiger partial charge is 0.0772 e. The lowest BCUT2D eigenvalue weighted by atomic mass is 9.91. The molecular weight excluding hydrogens is 681 g/mol. The minimum absolute atomic E-state index is 0.863. The van der Waals surface area contributed by atoms with Crippen molar-refractivity contribution in [2.24, 2.45) is 0 Å². The summed E-state index contributed by atoms with van der Waals surface area (Å²) in [6, 6.07) is 47.5. The molecule has 0 atom stereocenters. The molecule has 0 amide bonds. The van der Waals surface area contributed by atoms with E-state index in [9.17, 15) is 0 Å². The normalized spacial score (nSPS) is 12.4. The van der Waals surface area contributed by atoms with Gasteiger partial charge in [0, 0.05) is 33.3 Å². The van der Waals surface area contributed by atoms with Crippen LogP contribution in [0.25, 0.3) is 89.9 Å². The number of H-pyrrole nitrogens is 2. The number of rotatable bonds is 8. The summed E-state index contributed by atoms with van der Waals surface area (Å²) in [6.45, 7) is 9.12. The molecule has 2 aliphatic rings. The van der Waals surface area contributed by atoms with Crippen molar-refractivity contribution in [3.05, 3.63) is 167 Å². The summed E-state index contributed by atoms with van der Waals surface area (Å²) in [5.74, 6) is 0. The Morgan fingerprint density at radius 2 is 0.768 bits per heavy atom. The molecule has 0 aliphatic carbocycles. The van der Waals surface area contributed by atoms with Gasteiger partial charge in [-0.3, -0.25) is 0 Å². The molecule has 5 heterocycles. The molecule has 0 fully saturated rings. The van der Waals surface area contributed by atoms with Crippen LogP contribution < -0.4 is 0 Å². The fraction of sp³-hybridized carbons (Fsp3) is 0.154. The molecule has 0 radical (unpaired) electrons. The van der Waals surface area contributed by atoms with Crippen LogP contribution in [0.1, 0.15) is 74.4 Å². The SMILES string of the molecule is CCC1=C(CC)c2nc1c(-c1ccccc1)c1ccc([nH]1)c(-c1ccccc1)c1nc(c(-c3ccccc3)c3[nH]c(c(CC)c3CC)c2-c2ccccc2)C=C1. The van der Waals surface area contributed by atoms with Gasteiger partial charge in [-0.1, -0.05) is 149 Å². The molecule has 56 heavy (non-hydrogen) atoms. The maximum absolute atomic E-state index is 5.82. The molecule has 8 bridgehead atoms. The van der Waals surface area contributed by atoms with Crippen molar-refractivity contribution < 1.29 is 0 Å². The molecule has 4 nitrogen and oxygen atoms in total. The Morgan fingerprint density at radius 1 is 0.375 bits per heavy atom. The molecule has 4 aromatic carbocycles. The second-order valence-electron chi connectivity index (χ2n) is 14.5. The van der Waals surface area contributed by atoms with Gasteiger partial charge in [-0.15, -0.1) is 0 Å². The van der Waals surface area contributed by atoms with Gasteiger partial charge >= 0.3 is 0 Å². The van der Waals surface area contributed by atoms with Gasteiger partial charge in [0.2, 0.25) is 0 Å². The third kappa shape index (κ3) is 5.93. The van der Waals surface area contributed by atoms with E-state index >= 15 is 0 Å². The molecule has 0 unspecified atom stereocenters. The van der Waals surface area contributed by atoms with E-state index < -0.39 is 0 Å². The van der Waals surface area contributed by atoms with E-state index in [0.717, 1.165) is 115 Å². The van der Waals surface area contributed by atoms with Crippen LogP contribution in [0.5, 0.6) is 0 Å². The highest BCUT2D eigenvalue weighted by molar-refractivity contribution is 6.06. The maximum Gasteiger partial charge on any atom is 0.0772 e. The highest BCUT2D eigenvalue weighted by atomic mass is 14.8. The molecule has 0 saturated heterocycles. The maximum atomic E-state index is 5.82. The quantitative estimate of drug-likeness (QED) is 0.164. The van der Waals surface area contributed by atoms with Gasteiger partial charge in [-0.2, -0.15) is 0 Å². The van der Waals surface area contributed by atoms with Gasteiger partial charge < -0.3 is 9.97 Å². The second-order valence-corrected chi connectivity index (χ2v) is 14.5. The Balaban J connectivity index is 1.60. The van der Waals surface area contributed by atoms with Gasteiger partial charge in [0.05, 0.1) is 33.8 Å². The summed E-state index contributed by atoms with van der Waals surface area (Å²) < 4.78 is 0. The number of nitrogens with one attached hydrogen (secondary N) is 2. The second kappa shape index (κ2) is 15.0. The number of allylic oxidation sites excluding steroid dienone is 2. The van der Waals surface area contributed by atoms with E-state index in [-0.39, 0.29) is 0 Å². The summed E-state index contributed by atoms with van der Waals surface area (Å²) in [5, 5.41) is 0. The van der Waals surface area contributed by atoms with Crippen molar-refractivity contribution in [2.75, 3.05) is 0 Å². The van der Waals surface area contributed by atoms with Crippen LogP contribution in [0.4, 0.5) is 0 Å². The zero-order valence-corrected chi connectivity index (χ0v) is 32.6. The predicted molar refractivity (Wildman–Crippen MR) is 238 cm³/mol. The highest BCUT2D eigenvalue weighted by Gasteiger charge is 2.28. The topological polar surface area (TPSA) is 57.4 Å². The van der Waals surface area contributed by atoms with Crippen molar-refractivity contribution in [3.8, 4) is 44.5 Å². The third-order valence-corrected chi connectivity index (χ3v) is 11.4. The first kappa shape index (κ1) is 35.2. The van der Waals surface area contributed by atoms with Crippen LogP contribution >= 0.6 is 0 Å². The standard InChI is InChI=1S/C52H46N4/c1-5-37-39(7-3)51-48(36-27-19-12-20-28-36)52-40(8-4)38(6-2)50(56-52)47(35-25-17-11-18-26-35)44-32-30-42(54-44)45(33-21-13-9-14-22-33)41-29-31-43(53-41)46(49(37)55-51)34-23-15-10-16-24-34/h9-32,53,56H,5-8H2,1-4H3. The van der Waals surface area contributed by atoms with Crippen molar-refractivity contribution in [1.82, 2.24) is 19.9 Å². The molecule has 2 N–H and O–H groups in total. The van der Waals surface area contributed by atoms with Crippen LogP contribution in [-0.4, -0.2) is 19.9 Å². The van der Waals surface area contributed by atoms with E-state index in [0.29, 0.717) is 0 Å². The van der Waals surface area contributed by atoms with Crippen molar-refractivity contribution in [2.45, 2.75) is 53.4 Å². The average molecular weight is 727 g/mol. The molecule has 4 heteroatoms. The number of benzene rings is 4. The number of fused-ring (bicyclic) bond motifs is 8. The summed E-state index contributed by atoms with van der Waals surface area (Å²) in [4.78, 5) is 19.4. The molecule has 0 saturated carbocycles. The van der Waals surface area contributed by atoms with Crippen LogP contribution in [0, 0.1) is 0 Å². The summed E-state index contributed by atoms with van der Waals surface area (Å²) >= 11 is 0. The number of hydrogen-bond donors (Lipinski definition) is 2. The first-order chi connectivity index (χ1) is 27.6. The number of aromatic amines is 2. The Labute approximate surface area is 329 Å². The first-order valence-electron chi connectivity index (χ1n) is 20.1. The number of aryl methyl sites for hydroxylation is 2. The molecule has 2 aliphatic heterocycles. The van der Waals surface area contributed by atoms with Crippen LogP contribution in [0.15, 0.2) is 133 Å². The van der Waals surface area contributed by atoms with Crippen molar-refractivity contribution in [1.29, 1.82) is 0 Å². The van der Waals surface area contributed by atoms with Gasteiger partial charge in [0.1, 0.15) is 0 Å². The highest BCUT2D eigenvalue weighted by Crippen LogP contribution is 2.46. The third-order valence-electron chi connectivity index (χ3n) is 11.4. The zero-order valence-electron chi connectivity index (χ0n) is 32.6. The van der Waals surface area contributed by atoms with Gasteiger partial charge in [0.25, 0.3) is 0 Å². The largest absolute Gasteiger partial charge is 0.354 e. The predicted octanol–water partition coefficient (Wildman–Crippen LogP) is 14.0. The van der Waals surface area contributed by atoms with Gasteiger partial charge in [-0.05, 0) is 94.5 Å². The average Bonchev–Trinajstić information content (AvgIpc) is 4.06. The molecule has 0 spiro atoms. The Morgan fingerprint density at radius 3 is 1.25 bits per heavy atom. The molecule has 7 aromatic rings. The summed E-state index contributed by atoms with van der Waals surface area (Å²) in [7, 11) is 0. The van der Waals surface area contributed by atoms with E-state index in [1.807, 2.05) is 0 Å². The molecule has 9 rings (SSSR count). The van der Waals surface area contributed by atoms with Gasteiger partial charge in [-0.25, -0.2) is 9.97 Å². The Bertz CT molecular complexity index is 2800. The zero-order chi connectivity index (χ0) is 38.2. The fourth-order valence-electron chi connectivity index (χ4n) is 8.92. The molecular formula is C52H46N4. The summed E-state index contributed by atoms with van der Waals surface area (Å²) in [6.07, 6.45) is 7.86. The van der Waals surface area contributed by atoms with E-state index in [1.165, 1.54) is 22.3 Å². The first-order valence-corrected chi connectivity index (χ1v) is 20.1. The van der Waals surface area contributed by atoms with Crippen LogP contribution in [-0.2, 0) is 12.8 Å².